The summed E-state index contributed by atoms with van der Waals surface area (Å²) in [6, 6.07) is 6.72. The van der Waals surface area contributed by atoms with Crippen LogP contribution in [0.3, 0.4) is 0 Å². The Hall–Kier alpha value is -1.28. The van der Waals surface area contributed by atoms with Crippen LogP contribution in [0, 0.1) is 6.92 Å². The number of nitrogens with two attached hydrogens (primary N) is 1. The topological polar surface area (TPSA) is 35.2 Å². The lowest BCUT2D eigenvalue weighted by atomic mass is 9.91. The molecule has 0 radical (unpaired) electrons. The second kappa shape index (κ2) is 5.37. The number of allylic oxidation sites excluding steroid dienone is 1. The Bertz CT molecular complexity index is 423. The molecule has 0 aromatic heterocycles. The fourth-order valence-corrected chi connectivity index (χ4v) is 2.36. The highest BCUT2D eigenvalue weighted by atomic mass is 16.5. The van der Waals surface area contributed by atoms with Crippen LogP contribution in [0.25, 0.3) is 0 Å². The van der Waals surface area contributed by atoms with Crippen LogP contribution in [0.4, 0.5) is 0 Å². The number of benzene rings is 1. The number of ether oxygens (including phenoxy) is 1. The average molecular weight is 231 g/mol. The maximum Gasteiger partial charge on any atom is 0.122 e. The molecule has 0 amide bonds. The third-order valence-corrected chi connectivity index (χ3v) is 3.40. The summed E-state index contributed by atoms with van der Waals surface area (Å²) in [6.07, 6.45) is 6.55. The second-order valence-electron chi connectivity index (χ2n) is 4.89. The first-order valence-electron chi connectivity index (χ1n) is 6.26. The molecular weight excluding hydrogens is 210 g/mol. The second-order valence-corrected chi connectivity index (χ2v) is 4.89. The van der Waals surface area contributed by atoms with Gasteiger partial charge in [0.25, 0.3) is 0 Å². The first-order chi connectivity index (χ1) is 8.19. The highest BCUT2D eigenvalue weighted by molar-refractivity contribution is 5.39. The summed E-state index contributed by atoms with van der Waals surface area (Å²) in [6.45, 7) is 2.12. The van der Waals surface area contributed by atoms with Crippen molar-refractivity contribution >= 4 is 0 Å². The van der Waals surface area contributed by atoms with Crippen LogP contribution < -0.4 is 10.5 Å². The Morgan fingerprint density at radius 1 is 1.41 bits per heavy atom. The van der Waals surface area contributed by atoms with Gasteiger partial charge in [-0.1, -0.05) is 29.3 Å². The van der Waals surface area contributed by atoms with Crippen molar-refractivity contribution in [3.05, 3.63) is 41.0 Å². The normalized spacial score (nSPS) is 19.9. The minimum absolute atomic E-state index is 0.359. The summed E-state index contributed by atoms with van der Waals surface area (Å²) in [4.78, 5) is 0. The molecule has 92 valence electrons. The molecule has 2 N–H and O–H groups in total. The molecule has 0 bridgehead atoms. The molecule has 2 rings (SSSR count). The zero-order valence-electron chi connectivity index (χ0n) is 10.7. The van der Waals surface area contributed by atoms with Crippen molar-refractivity contribution in [1.82, 2.24) is 0 Å². The van der Waals surface area contributed by atoms with Crippen molar-refractivity contribution in [2.75, 3.05) is 7.11 Å². The molecule has 0 saturated heterocycles. The van der Waals surface area contributed by atoms with Crippen molar-refractivity contribution in [3.63, 3.8) is 0 Å². The van der Waals surface area contributed by atoms with Crippen LogP contribution >= 0.6 is 0 Å². The summed E-state index contributed by atoms with van der Waals surface area (Å²) in [5, 5.41) is 0. The minimum Gasteiger partial charge on any atom is -0.496 e. The lowest BCUT2D eigenvalue weighted by molar-refractivity contribution is 0.410. The van der Waals surface area contributed by atoms with E-state index in [1.807, 2.05) is 0 Å². The molecule has 0 heterocycles. The predicted molar refractivity (Wildman–Crippen MR) is 71.3 cm³/mol. The molecule has 1 aromatic rings. The van der Waals surface area contributed by atoms with Crippen LogP contribution in [0.2, 0.25) is 0 Å². The molecule has 1 unspecified atom stereocenters. The van der Waals surface area contributed by atoms with Gasteiger partial charge in [0.1, 0.15) is 5.75 Å². The highest BCUT2D eigenvalue weighted by Gasteiger charge is 2.12. The smallest absolute Gasteiger partial charge is 0.122 e. The lowest BCUT2D eigenvalue weighted by Crippen LogP contribution is -2.22. The molecule has 1 aromatic carbocycles. The van der Waals surface area contributed by atoms with E-state index in [1.165, 1.54) is 16.7 Å². The molecule has 0 spiro atoms. The van der Waals surface area contributed by atoms with Gasteiger partial charge in [0.05, 0.1) is 7.11 Å². The Kier molecular flexibility index (Phi) is 3.85. The number of hydrogen-bond acceptors (Lipinski definition) is 2. The van der Waals surface area contributed by atoms with E-state index in [9.17, 15) is 0 Å². The van der Waals surface area contributed by atoms with Gasteiger partial charge >= 0.3 is 0 Å². The first-order valence-corrected chi connectivity index (χ1v) is 6.26. The van der Waals surface area contributed by atoms with E-state index in [1.54, 1.807) is 7.11 Å². The highest BCUT2D eigenvalue weighted by Crippen LogP contribution is 2.26. The molecular formula is C15H21NO. The van der Waals surface area contributed by atoms with Gasteiger partial charge in [-0.05, 0) is 44.2 Å². The van der Waals surface area contributed by atoms with Gasteiger partial charge in [-0.25, -0.2) is 0 Å². The van der Waals surface area contributed by atoms with E-state index in [4.69, 9.17) is 10.5 Å². The average Bonchev–Trinajstić information content (AvgIpc) is 2.32. The Morgan fingerprint density at radius 2 is 2.24 bits per heavy atom. The fraction of sp³-hybridized carbons (Fsp3) is 0.467. The number of methoxy groups -OCH3 is 1. The maximum atomic E-state index is 5.90. The van der Waals surface area contributed by atoms with Crippen LogP contribution in [-0.4, -0.2) is 13.2 Å². The van der Waals surface area contributed by atoms with E-state index in [-0.39, 0.29) is 0 Å². The Balaban J connectivity index is 2.15. The minimum atomic E-state index is 0.359. The number of hydrogen-bond donors (Lipinski definition) is 1. The Labute approximate surface area is 103 Å². The number of aryl methyl sites for hydroxylation is 1. The SMILES string of the molecule is COc1ccc(C)cc1CC1=CCC(N)CC1. The molecule has 0 fully saturated rings. The van der Waals surface area contributed by atoms with Crippen molar-refractivity contribution in [3.8, 4) is 5.75 Å². The van der Waals surface area contributed by atoms with Gasteiger partial charge in [0.15, 0.2) is 0 Å². The van der Waals surface area contributed by atoms with Crippen molar-refractivity contribution < 1.29 is 4.74 Å². The van der Waals surface area contributed by atoms with E-state index in [2.05, 4.69) is 31.2 Å². The monoisotopic (exact) mass is 231 g/mol. The number of rotatable bonds is 3. The molecule has 1 aliphatic rings. The quantitative estimate of drug-likeness (QED) is 0.812. The van der Waals surface area contributed by atoms with Gasteiger partial charge in [-0.2, -0.15) is 0 Å². The van der Waals surface area contributed by atoms with Gasteiger partial charge < -0.3 is 10.5 Å². The summed E-state index contributed by atoms with van der Waals surface area (Å²) in [5.74, 6) is 0.992. The summed E-state index contributed by atoms with van der Waals surface area (Å²) in [7, 11) is 1.74. The van der Waals surface area contributed by atoms with Crippen LogP contribution in [0.5, 0.6) is 5.75 Å². The lowest BCUT2D eigenvalue weighted by Gasteiger charge is -2.19. The van der Waals surface area contributed by atoms with Gasteiger partial charge in [0.2, 0.25) is 0 Å². The van der Waals surface area contributed by atoms with E-state index < -0.39 is 0 Å². The largest absolute Gasteiger partial charge is 0.496 e. The standard InChI is InChI=1S/C15H21NO/c1-11-3-8-15(17-2)13(9-11)10-12-4-6-14(16)7-5-12/h3-4,8-9,14H,5-7,10,16H2,1-2H3. The molecule has 2 nitrogen and oxygen atoms in total. The molecule has 1 atom stereocenters. The van der Waals surface area contributed by atoms with Crippen LogP contribution in [0.1, 0.15) is 30.4 Å². The van der Waals surface area contributed by atoms with E-state index in [0.717, 1.165) is 31.4 Å². The summed E-state index contributed by atoms with van der Waals surface area (Å²) < 4.78 is 5.41. The van der Waals surface area contributed by atoms with Crippen molar-refractivity contribution in [2.45, 2.75) is 38.6 Å². The van der Waals surface area contributed by atoms with Gasteiger partial charge in [0, 0.05) is 6.04 Å². The first kappa shape index (κ1) is 12.2. The van der Waals surface area contributed by atoms with Crippen LogP contribution in [0.15, 0.2) is 29.8 Å². The molecule has 0 saturated carbocycles. The fourth-order valence-electron chi connectivity index (χ4n) is 2.36. The summed E-state index contributed by atoms with van der Waals surface area (Å²) >= 11 is 0. The van der Waals surface area contributed by atoms with E-state index in [0.29, 0.717) is 6.04 Å². The molecule has 2 heteroatoms. The third-order valence-electron chi connectivity index (χ3n) is 3.40. The Morgan fingerprint density at radius 3 is 2.88 bits per heavy atom. The zero-order valence-corrected chi connectivity index (χ0v) is 10.7. The maximum absolute atomic E-state index is 5.90. The van der Waals surface area contributed by atoms with Crippen molar-refractivity contribution in [2.24, 2.45) is 5.73 Å². The van der Waals surface area contributed by atoms with E-state index >= 15 is 0 Å². The van der Waals surface area contributed by atoms with Gasteiger partial charge in [-0.15, -0.1) is 0 Å². The summed E-state index contributed by atoms with van der Waals surface area (Å²) in [5.41, 5.74) is 9.97. The van der Waals surface area contributed by atoms with Crippen LogP contribution in [-0.2, 0) is 6.42 Å². The zero-order chi connectivity index (χ0) is 12.3. The van der Waals surface area contributed by atoms with Crippen molar-refractivity contribution in [1.29, 1.82) is 0 Å². The molecule has 0 aliphatic heterocycles. The third kappa shape index (κ3) is 3.10. The van der Waals surface area contributed by atoms with Gasteiger partial charge in [-0.3, -0.25) is 0 Å². The predicted octanol–water partition coefficient (Wildman–Crippen LogP) is 2.98. The molecule has 17 heavy (non-hydrogen) atoms. The molecule has 1 aliphatic carbocycles.